The van der Waals surface area contributed by atoms with Gasteiger partial charge in [0.25, 0.3) is 0 Å². The first kappa shape index (κ1) is 8.44. The Morgan fingerprint density at radius 1 is 1.50 bits per heavy atom. The topological polar surface area (TPSA) is 0 Å². The second-order valence-corrected chi connectivity index (χ2v) is 4.14. The van der Waals surface area contributed by atoms with Crippen molar-refractivity contribution in [1.29, 1.82) is 0 Å². The van der Waals surface area contributed by atoms with E-state index in [0.29, 0.717) is 4.58 Å². The molecule has 0 rings (SSSR count). The maximum absolute atomic E-state index is 2.20. The van der Waals surface area contributed by atoms with Crippen molar-refractivity contribution < 1.29 is 0 Å². The monoisotopic (exact) mass is 148 g/mol. The standard InChI is InChI=1S/C6H12S2/c1-4-5-8-6(2)7-3/h4-6H,1-3H3/b5-4-. The number of allylic oxidation sites excluding steroid dienone is 1. The number of rotatable bonds is 3. The average Bonchev–Trinajstić information content (AvgIpc) is 1.83. The molecule has 1 unspecified atom stereocenters. The van der Waals surface area contributed by atoms with Crippen molar-refractivity contribution in [3.63, 3.8) is 0 Å². The zero-order valence-electron chi connectivity index (χ0n) is 5.55. The maximum atomic E-state index is 2.20. The number of hydrogen-bond donors (Lipinski definition) is 0. The summed E-state index contributed by atoms with van der Waals surface area (Å²) in [4.78, 5) is 0. The minimum atomic E-state index is 0.700. The van der Waals surface area contributed by atoms with Crippen molar-refractivity contribution in [2.24, 2.45) is 0 Å². The highest BCUT2D eigenvalue weighted by atomic mass is 32.2. The van der Waals surface area contributed by atoms with Crippen LogP contribution in [-0.4, -0.2) is 10.8 Å². The van der Waals surface area contributed by atoms with Gasteiger partial charge in [-0.2, -0.15) is 11.8 Å². The molecule has 2 heteroatoms. The molecule has 0 aliphatic heterocycles. The van der Waals surface area contributed by atoms with E-state index in [1.807, 2.05) is 30.4 Å². The maximum Gasteiger partial charge on any atom is 0.0512 e. The second kappa shape index (κ2) is 5.57. The zero-order chi connectivity index (χ0) is 6.41. The molecule has 0 N–H and O–H groups in total. The van der Waals surface area contributed by atoms with Crippen LogP contribution in [0.5, 0.6) is 0 Å². The van der Waals surface area contributed by atoms with Crippen LogP contribution < -0.4 is 0 Å². The molecule has 0 aromatic heterocycles. The van der Waals surface area contributed by atoms with Gasteiger partial charge < -0.3 is 0 Å². The molecule has 1 atom stereocenters. The van der Waals surface area contributed by atoms with Crippen LogP contribution in [0, 0.1) is 0 Å². The summed E-state index contributed by atoms with van der Waals surface area (Å²) in [5.74, 6) is 0. The molecular weight excluding hydrogens is 136 g/mol. The highest BCUT2D eigenvalue weighted by Crippen LogP contribution is 2.20. The fourth-order valence-electron chi connectivity index (χ4n) is 0.245. The summed E-state index contributed by atoms with van der Waals surface area (Å²) in [6, 6.07) is 0. The van der Waals surface area contributed by atoms with Gasteiger partial charge in [-0.3, -0.25) is 0 Å². The second-order valence-electron chi connectivity index (χ2n) is 1.41. The smallest absolute Gasteiger partial charge is 0.0512 e. The van der Waals surface area contributed by atoms with E-state index < -0.39 is 0 Å². The molecule has 0 saturated carbocycles. The van der Waals surface area contributed by atoms with E-state index in [1.165, 1.54) is 0 Å². The van der Waals surface area contributed by atoms with Crippen molar-refractivity contribution in [3.8, 4) is 0 Å². The Hall–Kier alpha value is 0.440. The normalized spacial score (nSPS) is 14.9. The first-order valence-electron chi connectivity index (χ1n) is 2.60. The molecule has 0 radical (unpaired) electrons. The summed E-state index contributed by atoms with van der Waals surface area (Å²) in [6.07, 6.45) is 4.19. The average molecular weight is 148 g/mol. The van der Waals surface area contributed by atoms with Crippen LogP contribution in [0.4, 0.5) is 0 Å². The lowest BCUT2D eigenvalue weighted by Crippen LogP contribution is -1.81. The summed E-state index contributed by atoms with van der Waals surface area (Å²) in [6.45, 7) is 4.25. The molecule has 0 spiro atoms. The third-order valence-electron chi connectivity index (χ3n) is 0.738. The predicted molar refractivity (Wildman–Crippen MR) is 45.4 cm³/mol. The first-order valence-corrected chi connectivity index (χ1v) is 4.83. The molecule has 0 aromatic carbocycles. The lowest BCUT2D eigenvalue weighted by molar-refractivity contribution is 1.43. The van der Waals surface area contributed by atoms with E-state index in [-0.39, 0.29) is 0 Å². The zero-order valence-corrected chi connectivity index (χ0v) is 7.18. The molecule has 0 aromatic rings. The molecule has 8 heavy (non-hydrogen) atoms. The van der Waals surface area contributed by atoms with Crippen LogP contribution in [0.25, 0.3) is 0 Å². The number of hydrogen-bond acceptors (Lipinski definition) is 2. The van der Waals surface area contributed by atoms with E-state index in [0.717, 1.165) is 0 Å². The molecule has 0 heterocycles. The molecule has 0 nitrogen and oxygen atoms in total. The summed E-state index contributed by atoms with van der Waals surface area (Å²) in [5.41, 5.74) is 0. The van der Waals surface area contributed by atoms with E-state index in [4.69, 9.17) is 0 Å². The lowest BCUT2D eigenvalue weighted by Gasteiger charge is -2.00. The minimum Gasteiger partial charge on any atom is -0.151 e. The molecule has 48 valence electrons. The fraction of sp³-hybridized carbons (Fsp3) is 0.667. The molecule has 0 amide bonds. The summed E-state index contributed by atoms with van der Waals surface area (Å²) in [7, 11) is 0. The van der Waals surface area contributed by atoms with Gasteiger partial charge in [-0.1, -0.05) is 6.08 Å². The first-order chi connectivity index (χ1) is 3.81. The van der Waals surface area contributed by atoms with Crippen molar-refractivity contribution in [2.75, 3.05) is 6.26 Å². The van der Waals surface area contributed by atoms with Crippen LogP contribution in [-0.2, 0) is 0 Å². The highest BCUT2D eigenvalue weighted by Gasteiger charge is 1.92. The van der Waals surface area contributed by atoms with Gasteiger partial charge in [-0.05, 0) is 25.5 Å². The Kier molecular flexibility index (Phi) is 5.88. The van der Waals surface area contributed by atoms with Gasteiger partial charge in [0, 0.05) is 0 Å². The van der Waals surface area contributed by atoms with Crippen LogP contribution in [0.2, 0.25) is 0 Å². The van der Waals surface area contributed by atoms with Gasteiger partial charge in [0.15, 0.2) is 0 Å². The Morgan fingerprint density at radius 2 is 2.12 bits per heavy atom. The molecule has 0 aliphatic carbocycles. The van der Waals surface area contributed by atoms with E-state index >= 15 is 0 Å². The van der Waals surface area contributed by atoms with Gasteiger partial charge in [0.05, 0.1) is 4.58 Å². The van der Waals surface area contributed by atoms with E-state index in [1.54, 1.807) is 0 Å². The van der Waals surface area contributed by atoms with Gasteiger partial charge in [0.2, 0.25) is 0 Å². The van der Waals surface area contributed by atoms with Gasteiger partial charge in [0.1, 0.15) is 0 Å². The van der Waals surface area contributed by atoms with Crippen molar-refractivity contribution in [3.05, 3.63) is 11.5 Å². The summed E-state index contributed by atoms with van der Waals surface area (Å²) >= 11 is 3.74. The third kappa shape index (κ3) is 4.60. The van der Waals surface area contributed by atoms with Crippen LogP contribution >= 0.6 is 23.5 Å². The molecule has 0 saturated heterocycles. The predicted octanol–water partition coefficient (Wildman–Crippen LogP) is 2.96. The van der Waals surface area contributed by atoms with Gasteiger partial charge in [-0.25, -0.2) is 0 Å². The van der Waals surface area contributed by atoms with Crippen LogP contribution in [0.15, 0.2) is 11.5 Å². The Morgan fingerprint density at radius 3 is 2.50 bits per heavy atom. The van der Waals surface area contributed by atoms with Crippen LogP contribution in [0.1, 0.15) is 13.8 Å². The SMILES string of the molecule is C/C=C\SC(C)SC. The quantitative estimate of drug-likeness (QED) is 0.564. The Bertz CT molecular complexity index is 68.9. The highest BCUT2D eigenvalue weighted by molar-refractivity contribution is 8.18. The van der Waals surface area contributed by atoms with E-state index in [9.17, 15) is 0 Å². The lowest BCUT2D eigenvalue weighted by atomic mass is 10.8. The van der Waals surface area contributed by atoms with Crippen molar-refractivity contribution >= 4 is 23.5 Å². The molecule has 0 bridgehead atoms. The largest absolute Gasteiger partial charge is 0.151 e. The molecular formula is C6H12S2. The van der Waals surface area contributed by atoms with Crippen molar-refractivity contribution in [2.45, 2.75) is 18.4 Å². The molecule has 0 aliphatic rings. The minimum absolute atomic E-state index is 0.700. The summed E-state index contributed by atoms with van der Waals surface area (Å²) < 4.78 is 0.700. The number of thioether (sulfide) groups is 2. The Balaban J connectivity index is 3.10. The van der Waals surface area contributed by atoms with Crippen LogP contribution in [0.3, 0.4) is 0 Å². The van der Waals surface area contributed by atoms with E-state index in [2.05, 4.69) is 24.7 Å². The van der Waals surface area contributed by atoms with Crippen molar-refractivity contribution in [1.82, 2.24) is 0 Å². The molecule has 0 fully saturated rings. The third-order valence-corrected chi connectivity index (χ3v) is 3.13. The Labute approximate surface area is 60.1 Å². The van der Waals surface area contributed by atoms with Gasteiger partial charge in [-0.15, -0.1) is 11.8 Å². The van der Waals surface area contributed by atoms with Gasteiger partial charge >= 0.3 is 0 Å². The summed E-state index contributed by atoms with van der Waals surface area (Å²) in [5, 5.41) is 2.13. The fourth-order valence-corrected chi connectivity index (χ4v) is 1.26.